The minimum Gasteiger partial charge on any atom is -0.369 e. The van der Waals surface area contributed by atoms with Crippen molar-refractivity contribution in [1.29, 1.82) is 0 Å². The summed E-state index contributed by atoms with van der Waals surface area (Å²) in [5, 5.41) is 0. The molecular formula is C20H22N4O. The van der Waals surface area contributed by atoms with E-state index in [0.717, 1.165) is 55.0 Å². The fourth-order valence-corrected chi connectivity index (χ4v) is 3.62. The molecule has 1 aliphatic heterocycles. The van der Waals surface area contributed by atoms with E-state index in [9.17, 15) is 4.79 Å². The third-order valence-electron chi connectivity index (χ3n) is 5.00. The van der Waals surface area contributed by atoms with Gasteiger partial charge in [0.15, 0.2) is 0 Å². The highest BCUT2D eigenvalue weighted by molar-refractivity contribution is 5.78. The standard InChI is InChI=1S/C20H22N4O/c21-20(25)15-10-12-23(13-11-15)14-19-22-17-8-4-5-9-18(17)24(19)16-6-2-1-3-7-16/h1-9,15H,10-14H2,(H2,21,25). The normalized spacial score (nSPS) is 16.3. The average Bonchev–Trinajstić information content (AvgIpc) is 3.00. The molecule has 0 radical (unpaired) electrons. The van der Waals surface area contributed by atoms with E-state index in [1.165, 1.54) is 0 Å². The molecule has 25 heavy (non-hydrogen) atoms. The number of benzene rings is 2. The number of nitrogens with zero attached hydrogens (tertiary/aromatic N) is 3. The molecule has 1 fully saturated rings. The molecule has 5 heteroatoms. The number of hydrogen-bond acceptors (Lipinski definition) is 3. The average molecular weight is 334 g/mol. The quantitative estimate of drug-likeness (QED) is 0.798. The Morgan fingerprint density at radius 1 is 1.04 bits per heavy atom. The van der Waals surface area contributed by atoms with E-state index in [1.807, 2.05) is 30.3 Å². The Morgan fingerprint density at radius 3 is 2.44 bits per heavy atom. The summed E-state index contributed by atoms with van der Waals surface area (Å²) in [7, 11) is 0. The van der Waals surface area contributed by atoms with Crippen LogP contribution in [0.4, 0.5) is 0 Å². The van der Waals surface area contributed by atoms with Crippen molar-refractivity contribution >= 4 is 16.9 Å². The summed E-state index contributed by atoms with van der Waals surface area (Å²) in [6.45, 7) is 2.53. The van der Waals surface area contributed by atoms with E-state index in [2.05, 4.69) is 33.7 Å². The number of nitrogens with two attached hydrogens (primary N) is 1. The van der Waals surface area contributed by atoms with Crippen molar-refractivity contribution in [1.82, 2.24) is 14.5 Å². The molecule has 0 unspecified atom stereocenters. The molecule has 2 heterocycles. The minimum atomic E-state index is -0.170. The van der Waals surface area contributed by atoms with Gasteiger partial charge in [0.25, 0.3) is 0 Å². The van der Waals surface area contributed by atoms with Gasteiger partial charge in [-0.15, -0.1) is 0 Å². The second-order valence-corrected chi connectivity index (χ2v) is 6.64. The Balaban J connectivity index is 1.65. The van der Waals surface area contributed by atoms with Crippen LogP contribution in [0.3, 0.4) is 0 Å². The van der Waals surface area contributed by atoms with Crippen LogP contribution in [0.5, 0.6) is 0 Å². The number of amides is 1. The van der Waals surface area contributed by atoms with E-state index >= 15 is 0 Å². The molecule has 2 N–H and O–H groups in total. The highest BCUT2D eigenvalue weighted by atomic mass is 16.1. The van der Waals surface area contributed by atoms with Crippen molar-refractivity contribution in [3.63, 3.8) is 0 Å². The number of hydrogen-bond donors (Lipinski definition) is 1. The second-order valence-electron chi connectivity index (χ2n) is 6.64. The summed E-state index contributed by atoms with van der Waals surface area (Å²) in [6, 6.07) is 18.6. The van der Waals surface area contributed by atoms with Gasteiger partial charge < -0.3 is 5.73 Å². The molecule has 0 bridgehead atoms. The molecule has 4 rings (SSSR count). The Labute approximate surface area is 147 Å². The van der Waals surface area contributed by atoms with Crippen LogP contribution in [0.15, 0.2) is 54.6 Å². The lowest BCUT2D eigenvalue weighted by Gasteiger charge is -2.30. The molecule has 128 valence electrons. The lowest BCUT2D eigenvalue weighted by atomic mass is 9.96. The molecule has 0 saturated carbocycles. The van der Waals surface area contributed by atoms with Crippen molar-refractivity contribution in [2.45, 2.75) is 19.4 Å². The summed E-state index contributed by atoms with van der Waals surface area (Å²) in [5.74, 6) is 0.880. The molecular weight excluding hydrogens is 312 g/mol. The zero-order chi connectivity index (χ0) is 17.2. The van der Waals surface area contributed by atoms with E-state index < -0.39 is 0 Å². The Kier molecular flexibility index (Phi) is 4.24. The molecule has 2 aromatic carbocycles. The number of primary amides is 1. The van der Waals surface area contributed by atoms with Gasteiger partial charge in [0.2, 0.25) is 5.91 Å². The van der Waals surface area contributed by atoms with Gasteiger partial charge >= 0.3 is 0 Å². The van der Waals surface area contributed by atoms with E-state index in [4.69, 9.17) is 10.7 Å². The van der Waals surface area contributed by atoms with E-state index in [1.54, 1.807) is 0 Å². The van der Waals surface area contributed by atoms with Gasteiger partial charge in [-0.3, -0.25) is 14.3 Å². The number of fused-ring (bicyclic) bond motifs is 1. The van der Waals surface area contributed by atoms with Crippen molar-refractivity contribution in [2.24, 2.45) is 11.7 Å². The van der Waals surface area contributed by atoms with Gasteiger partial charge in [-0.05, 0) is 50.2 Å². The highest BCUT2D eigenvalue weighted by Gasteiger charge is 2.24. The first kappa shape index (κ1) is 15.8. The van der Waals surface area contributed by atoms with Crippen LogP contribution in [0.2, 0.25) is 0 Å². The summed E-state index contributed by atoms with van der Waals surface area (Å²) >= 11 is 0. The molecule has 1 amide bonds. The molecule has 1 aromatic heterocycles. The molecule has 0 atom stereocenters. The number of imidazole rings is 1. The fourth-order valence-electron chi connectivity index (χ4n) is 3.62. The number of likely N-dealkylation sites (tertiary alicyclic amines) is 1. The third kappa shape index (κ3) is 3.15. The van der Waals surface area contributed by atoms with Gasteiger partial charge in [0, 0.05) is 11.6 Å². The first-order chi connectivity index (χ1) is 12.2. The molecule has 5 nitrogen and oxygen atoms in total. The van der Waals surface area contributed by atoms with Crippen LogP contribution in [0.25, 0.3) is 16.7 Å². The number of carbonyl (C=O) groups excluding carboxylic acids is 1. The van der Waals surface area contributed by atoms with Crippen LogP contribution in [0.1, 0.15) is 18.7 Å². The molecule has 1 aliphatic rings. The maximum absolute atomic E-state index is 11.4. The Bertz CT molecular complexity index is 879. The Morgan fingerprint density at radius 2 is 1.72 bits per heavy atom. The van der Waals surface area contributed by atoms with Crippen LogP contribution in [-0.2, 0) is 11.3 Å². The van der Waals surface area contributed by atoms with E-state index in [0.29, 0.717) is 0 Å². The van der Waals surface area contributed by atoms with Crippen molar-refractivity contribution in [3.05, 3.63) is 60.4 Å². The third-order valence-corrected chi connectivity index (χ3v) is 5.00. The summed E-state index contributed by atoms with van der Waals surface area (Å²) < 4.78 is 2.23. The number of para-hydroxylation sites is 3. The summed E-state index contributed by atoms with van der Waals surface area (Å²) in [6.07, 6.45) is 1.67. The number of aromatic nitrogens is 2. The van der Waals surface area contributed by atoms with Crippen LogP contribution in [-0.4, -0.2) is 33.4 Å². The van der Waals surface area contributed by atoms with Crippen molar-refractivity contribution in [2.75, 3.05) is 13.1 Å². The van der Waals surface area contributed by atoms with Crippen molar-refractivity contribution in [3.8, 4) is 5.69 Å². The van der Waals surface area contributed by atoms with Crippen LogP contribution < -0.4 is 5.73 Å². The van der Waals surface area contributed by atoms with E-state index in [-0.39, 0.29) is 11.8 Å². The fraction of sp³-hybridized carbons (Fsp3) is 0.300. The van der Waals surface area contributed by atoms with Crippen molar-refractivity contribution < 1.29 is 4.79 Å². The van der Waals surface area contributed by atoms with Gasteiger partial charge in [-0.2, -0.15) is 0 Å². The Hall–Kier alpha value is -2.66. The maximum atomic E-state index is 11.4. The smallest absolute Gasteiger partial charge is 0.220 e. The molecule has 0 aliphatic carbocycles. The minimum absolute atomic E-state index is 0.0178. The zero-order valence-corrected chi connectivity index (χ0v) is 14.1. The predicted octanol–water partition coefficient (Wildman–Crippen LogP) is 2.72. The number of piperidine rings is 1. The lowest BCUT2D eigenvalue weighted by Crippen LogP contribution is -2.38. The SMILES string of the molecule is NC(=O)C1CCN(Cc2nc3ccccc3n2-c2ccccc2)CC1. The second kappa shape index (κ2) is 6.69. The van der Waals surface area contributed by atoms with Crippen LogP contribution >= 0.6 is 0 Å². The maximum Gasteiger partial charge on any atom is 0.220 e. The highest BCUT2D eigenvalue weighted by Crippen LogP contribution is 2.24. The largest absolute Gasteiger partial charge is 0.369 e. The number of rotatable bonds is 4. The summed E-state index contributed by atoms with van der Waals surface area (Å²) in [5.41, 5.74) is 8.69. The first-order valence-corrected chi connectivity index (χ1v) is 8.76. The monoisotopic (exact) mass is 334 g/mol. The van der Waals surface area contributed by atoms with Gasteiger partial charge in [-0.1, -0.05) is 30.3 Å². The topological polar surface area (TPSA) is 64.2 Å². The molecule has 0 spiro atoms. The lowest BCUT2D eigenvalue weighted by molar-refractivity contribution is -0.123. The number of carbonyl (C=O) groups is 1. The van der Waals surface area contributed by atoms with Gasteiger partial charge in [0.1, 0.15) is 5.82 Å². The molecule has 3 aromatic rings. The first-order valence-electron chi connectivity index (χ1n) is 8.76. The molecule has 1 saturated heterocycles. The summed E-state index contributed by atoms with van der Waals surface area (Å²) in [4.78, 5) is 18.6. The van der Waals surface area contributed by atoms with Gasteiger partial charge in [-0.25, -0.2) is 4.98 Å². The van der Waals surface area contributed by atoms with Crippen LogP contribution in [0, 0.1) is 5.92 Å². The zero-order valence-electron chi connectivity index (χ0n) is 14.1. The van der Waals surface area contributed by atoms with Gasteiger partial charge in [0.05, 0.1) is 17.6 Å². The predicted molar refractivity (Wildman–Crippen MR) is 98.3 cm³/mol.